The van der Waals surface area contributed by atoms with Crippen molar-refractivity contribution >= 4 is 5.91 Å². The summed E-state index contributed by atoms with van der Waals surface area (Å²) in [6, 6.07) is 5.15. The van der Waals surface area contributed by atoms with Crippen molar-refractivity contribution < 1.29 is 9.90 Å². The van der Waals surface area contributed by atoms with E-state index in [2.05, 4.69) is 16.8 Å². The molecule has 0 saturated carbocycles. The summed E-state index contributed by atoms with van der Waals surface area (Å²) in [6.45, 7) is -0.620. The molecule has 19 heavy (non-hydrogen) atoms. The van der Waals surface area contributed by atoms with Gasteiger partial charge in [-0.1, -0.05) is 11.8 Å². The largest absolute Gasteiger partial charge is 0.384 e. The van der Waals surface area contributed by atoms with Crippen LogP contribution >= 0.6 is 0 Å². The highest BCUT2D eigenvalue weighted by molar-refractivity contribution is 5.94. The lowest BCUT2D eigenvalue weighted by Crippen LogP contribution is -2.31. The molecule has 0 aromatic carbocycles. The van der Waals surface area contributed by atoms with Crippen LogP contribution < -0.4 is 0 Å². The number of rotatable bonds is 3. The summed E-state index contributed by atoms with van der Waals surface area (Å²) in [7, 11) is 0. The minimum Gasteiger partial charge on any atom is -0.384 e. The van der Waals surface area contributed by atoms with Crippen molar-refractivity contribution in [2.24, 2.45) is 0 Å². The Kier molecular flexibility index (Phi) is 5.56. The Morgan fingerprint density at radius 2 is 2.00 bits per heavy atom. The van der Waals surface area contributed by atoms with Gasteiger partial charge in [-0.25, -0.2) is 0 Å². The number of aliphatic hydroxyl groups is 1. The van der Waals surface area contributed by atoms with Crippen LogP contribution in [0.2, 0.25) is 0 Å². The van der Waals surface area contributed by atoms with Gasteiger partial charge in [0.15, 0.2) is 0 Å². The van der Waals surface area contributed by atoms with E-state index in [1.807, 2.05) is 12.1 Å². The van der Waals surface area contributed by atoms with E-state index in [-0.39, 0.29) is 25.3 Å². The van der Waals surface area contributed by atoms with Crippen LogP contribution in [0.4, 0.5) is 0 Å². The van der Waals surface area contributed by atoms with E-state index in [4.69, 9.17) is 15.6 Å². The molecule has 0 radical (unpaired) electrons. The number of carbonyl (C=O) groups is 1. The van der Waals surface area contributed by atoms with Gasteiger partial charge in [0.25, 0.3) is 5.91 Å². The van der Waals surface area contributed by atoms with Gasteiger partial charge in [0.2, 0.25) is 0 Å². The zero-order valence-electron chi connectivity index (χ0n) is 10.00. The number of carbonyl (C=O) groups excluding carboxylic acids is 1. The summed E-state index contributed by atoms with van der Waals surface area (Å²) >= 11 is 0. The SMILES string of the molecule is N#CCN(CC#N)C(=O)c1cncc(C#CCO)c1. The second-order valence-corrected chi connectivity index (χ2v) is 3.40. The molecule has 1 aromatic heterocycles. The third-order valence-corrected chi connectivity index (χ3v) is 2.11. The maximum Gasteiger partial charge on any atom is 0.257 e. The molecular formula is C13H10N4O2. The van der Waals surface area contributed by atoms with Crippen LogP contribution in [-0.4, -0.2) is 40.6 Å². The van der Waals surface area contributed by atoms with Crippen molar-refractivity contribution in [3.8, 4) is 24.0 Å². The Morgan fingerprint density at radius 1 is 1.32 bits per heavy atom. The molecule has 1 aromatic rings. The molecule has 0 fully saturated rings. The number of amides is 1. The molecule has 0 aliphatic rings. The van der Waals surface area contributed by atoms with E-state index in [9.17, 15) is 4.79 Å². The second kappa shape index (κ2) is 7.45. The summed E-state index contributed by atoms with van der Waals surface area (Å²) < 4.78 is 0. The topological polar surface area (TPSA) is 101 Å². The van der Waals surface area contributed by atoms with E-state index in [1.165, 1.54) is 18.5 Å². The molecular weight excluding hydrogens is 244 g/mol. The number of hydrogen-bond acceptors (Lipinski definition) is 5. The van der Waals surface area contributed by atoms with Crippen LogP contribution in [0.3, 0.4) is 0 Å². The highest BCUT2D eigenvalue weighted by Gasteiger charge is 2.15. The van der Waals surface area contributed by atoms with Gasteiger partial charge in [-0.2, -0.15) is 10.5 Å². The van der Waals surface area contributed by atoms with Gasteiger partial charge < -0.3 is 10.0 Å². The summed E-state index contributed by atoms with van der Waals surface area (Å²) in [6.07, 6.45) is 2.80. The Balaban J connectivity index is 2.99. The molecule has 6 heteroatoms. The lowest BCUT2D eigenvalue weighted by molar-refractivity contribution is 0.0794. The summed E-state index contributed by atoms with van der Waals surface area (Å²) in [5, 5.41) is 25.8. The molecule has 0 atom stereocenters. The maximum absolute atomic E-state index is 12.0. The van der Waals surface area contributed by atoms with E-state index < -0.39 is 5.91 Å². The number of aromatic nitrogens is 1. The number of pyridine rings is 1. The number of hydrogen-bond donors (Lipinski definition) is 1. The van der Waals surface area contributed by atoms with Crippen molar-refractivity contribution in [1.82, 2.24) is 9.88 Å². The fourth-order valence-corrected chi connectivity index (χ4v) is 1.32. The van der Waals surface area contributed by atoms with Gasteiger partial charge in [-0.15, -0.1) is 0 Å². The molecule has 0 unspecified atom stereocenters. The third-order valence-electron chi connectivity index (χ3n) is 2.11. The predicted molar refractivity (Wildman–Crippen MR) is 65.3 cm³/mol. The molecule has 0 saturated heterocycles. The average molecular weight is 254 g/mol. The monoisotopic (exact) mass is 254 g/mol. The molecule has 1 rings (SSSR count). The standard InChI is InChI=1S/C13H10N4O2/c14-3-5-17(6-4-15)13(19)12-8-11(2-1-7-18)9-16-10-12/h8-10,18H,5-7H2. The minimum absolute atomic E-state index is 0.168. The molecule has 0 bridgehead atoms. The van der Waals surface area contributed by atoms with E-state index in [0.717, 1.165) is 4.90 Å². The summed E-state index contributed by atoms with van der Waals surface area (Å²) in [5.41, 5.74) is 0.726. The summed E-state index contributed by atoms with van der Waals surface area (Å²) in [4.78, 5) is 17.0. The second-order valence-electron chi connectivity index (χ2n) is 3.40. The van der Waals surface area contributed by atoms with Gasteiger partial charge >= 0.3 is 0 Å². The third kappa shape index (κ3) is 4.12. The highest BCUT2D eigenvalue weighted by Crippen LogP contribution is 2.06. The number of aliphatic hydroxyl groups excluding tert-OH is 1. The molecule has 0 spiro atoms. The van der Waals surface area contributed by atoms with Crippen molar-refractivity contribution in [2.45, 2.75) is 0 Å². The van der Waals surface area contributed by atoms with Crippen molar-refractivity contribution in [2.75, 3.05) is 19.7 Å². The number of nitriles is 2. The van der Waals surface area contributed by atoms with Crippen LogP contribution in [-0.2, 0) is 0 Å². The van der Waals surface area contributed by atoms with E-state index in [0.29, 0.717) is 5.56 Å². The van der Waals surface area contributed by atoms with E-state index >= 15 is 0 Å². The maximum atomic E-state index is 12.0. The smallest absolute Gasteiger partial charge is 0.257 e. The molecule has 1 heterocycles. The lowest BCUT2D eigenvalue weighted by Gasteiger charge is -2.15. The molecule has 0 aliphatic heterocycles. The Bertz CT molecular complexity index is 586. The van der Waals surface area contributed by atoms with Gasteiger partial charge in [0.05, 0.1) is 17.7 Å². The molecule has 6 nitrogen and oxygen atoms in total. The minimum atomic E-state index is -0.455. The lowest BCUT2D eigenvalue weighted by atomic mass is 10.2. The van der Waals surface area contributed by atoms with E-state index in [1.54, 1.807) is 0 Å². The Morgan fingerprint density at radius 3 is 2.58 bits per heavy atom. The first-order chi connectivity index (χ1) is 9.22. The Labute approximate surface area is 110 Å². The van der Waals surface area contributed by atoms with Crippen molar-refractivity contribution in [1.29, 1.82) is 10.5 Å². The quantitative estimate of drug-likeness (QED) is 0.600. The first-order valence-electron chi connectivity index (χ1n) is 5.31. The summed E-state index contributed by atoms with van der Waals surface area (Å²) in [5.74, 6) is 4.62. The zero-order valence-corrected chi connectivity index (χ0v) is 10.00. The van der Waals surface area contributed by atoms with Gasteiger partial charge in [0, 0.05) is 18.0 Å². The molecule has 1 N–H and O–H groups in total. The van der Waals surface area contributed by atoms with Crippen LogP contribution in [0, 0.1) is 34.5 Å². The molecule has 0 aliphatic carbocycles. The molecule has 94 valence electrons. The zero-order chi connectivity index (χ0) is 14.1. The first kappa shape index (κ1) is 14.2. The molecule has 1 amide bonds. The van der Waals surface area contributed by atoms with Crippen LogP contribution in [0.5, 0.6) is 0 Å². The van der Waals surface area contributed by atoms with Crippen molar-refractivity contribution in [3.05, 3.63) is 29.6 Å². The Hall–Kier alpha value is -2.88. The fourth-order valence-electron chi connectivity index (χ4n) is 1.32. The van der Waals surface area contributed by atoms with Gasteiger partial charge in [-0.05, 0) is 6.07 Å². The predicted octanol–water partition coefficient (Wildman–Crippen LogP) is -0.0852. The first-order valence-corrected chi connectivity index (χ1v) is 5.31. The average Bonchev–Trinajstić information content (AvgIpc) is 2.44. The van der Waals surface area contributed by atoms with Gasteiger partial charge in [0.1, 0.15) is 19.7 Å². The van der Waals surface area contributed by atoms with Crippen LogP contribution in [0.1, 0.15) is 15.9 Å². The van der Waals surface area contributed by atoms with Crippen LogP contribution in [0.15, 0.2) is 18.5 Å². The van der Waals surface area contributed by atoms with Crippen LogP contribution in [0.25, 0.3) is 0 Å². The van der Waals surface area contributed by atoms with Crippen molar-refractivity contribution in [3.63, 3.8) is 0 Å². The normalized spacial score (nSPS) is 8.58. The highest BCUT2D eigenvalue weighted by atomic mass is 16.2. The number of nitrogens with zero attached hydrogens (tertiary/aromatic N) is 4. The fraction of sp³-hybridized carbons (Fsp3) is 0.231. The van der Waals surface area contributed by atoms with Gasteiger partial charge in [-0.3, -0.25) is 9.78 Å².